The fourth-order valence-electron chi connectivity index (χ4n) is 2.87. The molecule has 0 bridgehead atoms. The van der Waals surface area contributed by atoms with Crippen molar-refractivity contribution in [3.63, 3.8) is 0 Å². The van der Waals surface area contributed by atoms with Crippen LogP contribution in [0.25, 0.3) is 10.2 Å². The van der Waals surface area contributed by atoms with Gasteiger partial charge in [0, 0.05) is 23.4 Å². The first kappa shape index (κ1) is 17.9. The van der Waals surface area contributed by atoms with Crippen molar-refractivity contribution in [2.45, 2.75) is 57.4 Å². The van der Waals surface area contributed by atoms with Crippen LogP contribution < -0.4 is 11.1 Å². The van der Waals surface area contributed by atoms with E-state index in [4.69, 9.17) is 14.7 Å². The van der Waals surface area contributed by atoms with Gasteiger partial charge in [0.25, 0.3) is 0 Å². The van der Waals surface area contributed by atoms with E-state index >= 15 is 0 Å². The van der Waals surface area contributed by atoms with E-state index < -0.39 is 0 Å². The molecule has 0 fully saturated rings. The van der Waals surface area contributed by atoms with Gasteiger partial charge in [0.1, 0.15) is 5.82 Å². The van der Waals surface area contributed by atoms with Crippen molar-refractivity contribution < 1.29 is 10.5 Å². The monoisotopic (exact) mass is 367 g/mol. The number of rotatable bonds is 7. The average molecular weight is 368 g/mol. The van der Waals surface area contributed by atoms with Gasteiger partial charge in [-0.15, -0.1) is 11.3 Å². The molecule has 0 unspecified atom stereocenters. The molecule has 0 amide bonds. The van der Waals surface area contributed by atoms with Gasteiger partial charge >= 0.3 is 0 Å². The summed E-state index contributed by atoms with van der Waals surface area (Å²) < 4.78 is 7.20. The molecule has 2 aromatic heterocycles. The number of hydrogen-bond acceptors (Lipinski definition) is 6. The van der Waals surface area contributed by atoms with Crippen molar-refractivity contribution in [3.8, 4) is 0 Å². The number of nitrogens with one attached hydrogen (secondary N) is 1. The Morgan fingerprint density at radius 1 is 1.33 bits per heavy atom. The molecule has 7 heteroatoms. The van der Waals surface area contributed by atoms with Gasteiger partial charge in [-0.05, 0) is 32.4 Å². The number of aromatic nitrogens is 2. The van der Waals surface area contributed by atoms with Gasteiger partial charge in [-0.1, -0.05) is 18.7 Å². The first-order valence-corrected chi connectivity index (χ1v) is 10.5. The molecule has 1 aliphatic rings. The molecule has 0 spiro atoms. The molecule has 3 rings (SSSR count). The summed E-state index contributed by atoms with van der Waals surface area (Å²) in [4.78, 5) is 11.0. The SMILES string of the molecule is CCSc1nc(NCCCC[NH3+])c2sc3c(c2n1)COC(C)(C)C3. The van der Waals surface area contributed by atoms with Gasteiger partial charge in [-0.2, -0.15) is 0 Å². The highest BCUT2D eigenvalue weighted by molar-refractivity contribution is 7.99. The molecule has 2 aromatic rings. The Hall–Kier alpha value is -0.890. The van der Waals surface area contributed by atoms with Gasteiger partial charge in [-0.25, -0.2) is 9.97 Å². The summed E-state index contributed by atoms with van der Waals surface area (Å²) in [6.07, 6.45) is 3.20. The summed E-state index contributed by atoms with van der Waals surface area (Å²) in [5.74, 6) is 1.96. The quantitative estimate of drug-likeness (QED) is 0.447. The summed E-state index contributed by atoms with van der Waals surface area (Å²) in [7, 11) is 0. The summed E-state index contributed by atoms with van der Waals surface area (Å²) in [6.45, 7) is 9.01. The van der Waals surface area contributed by atoms with E-state index in [1.807, 2.05) is 11.3 Å². The first-order valence-electron chi connectivity index (χ1n) is 8.66. The van der Waals surface area contributed by atoms with Crippen LogP contribution in [0.2, 0.25) is 0 Å². The summed E-state index contributed by atoms with van der Waals surface area (Å²) in [6, 6.07) is 0. The van der Waals surface area contributed by atoms with Crippen molar-refractivity contribution in [1.29, 1.82) is 0 Å². The van der Waals surface area contributed by atoms with Gasteiger partial charge in [-0.3, -0.25) is 0 Å². The Morgan fingerprint density at radius 3 is 2.92 bits per heavy atom. The van der Waals surface area contributed by atoms with Crippen molar-refractivity contribution in [3.05, 3.63) is 10.4 Å². The number of ether oxygens (including phenoxy) is 1. The molecule has 0 aliphatic carbocycles. The summed E-state index contributed by atoms with van der Waals surface area (Å²) in [5.41, 5.74) is 6.15. The second-order valence-electron chi connectivity index (χ2n) is 6.68. The predicted octanol–water partition coefficient (Wildman–Crippen LogP) is 3.09. The molecule has 5 nitrogen and oxygen atoms in total. The van der Waals surface area contributed by atoms with Gasteiger partial charge < -0.3 is 15.8 Å². The molecular weight excluding hydrogens is 340 g/mol. The zero-order valence-corrected chi connectivity index (χ0v) is 16.4. The Labute approximate surface area is 151 Å². The Kier molecular flexibility index (Phi) is 5.64. The van der Waals surface area contributed by atoms with Crippen LogP contribution in [-0.4, -0.2) is 34.4 Å². The number of nitrogens with zero attached hydrogens (tertiary/aromatic N) is 2. The van der Waals surface area contributed by atoms with E-state index in [0.29, 0.717) is 6.61 Å². The molecule has 0 radical (unpaired) electrons. The first-order chi connectivity index (χ1) is 11.5. The molecule has 4 N–H and O–H groups in total. The van der Waals surface area contributed by atoms with Crippen LogP contribution in [-0.2, 0) is 17.8 Å². The summed E-state index contributed by atoms with van der Waals surface area (Å²) in [5, 5.41) is 4.39. The molecule has 132 valence electrons. The van der Waals surface area contributed by atoms with Crippen LogP contribution in [0.4, 0.5) is 5.82 Å². The average Bonchev–Trinajstić information content (AvgIpc) is 2.88. The second-order valence-corrected chi connectivity index (χ2v) is 9.02. The minimum atomic E-state index is -0.0932. The van der Waals surface area contributed by atoms with E-state index in [-0.39, 0.29) is 5.60 Å². The van der Waals surface area contributed by atoms with Crippen molar-refractivity contribution >= 4 is 39.1 Å². The van der Waals surface area contributed by atoms with Crippen LogP contribution in [0.3, 0.4) is 0 Å². The highest BCUT2D eigenvalue weighted by atomic mass is 32.2. The number of anilines is 1. The topological polar surface area (TPSA) is 74.7 Å². The maximum atomic E-state index is 6.02. The number of thiophene rings is 1. The zero-order valence-electron chi connectivity index (χ0n) is 14.8. The third-order valence-electron chi connectivity index (χ3n) is 4.13. The molecule has 3 heterocycles. The molecule has 0 saturated carbocycles. The van der Waals surface area contributed by atoms with Crippen LogP contribution >= 0.6 is 23.1 Å². The molecule has 1 aliphatic heterocycles. The van der Waals surface area contributed by atoms with Crippen molar-refractivity contribution in [2.75, 3.05) is 24.2 Å². The van der Waals surface area contributed by atoms with Gasteiger partial charge in [0.05, 0.1) is 29.0 Å². The number of hydrogen-bond donors (Lipinski definition) is 2. The maximum absolute atomic E-state index is 6.02. The smallest absolute Gasteiger partial charge is 0.190 e. The van der Waals surface area contributed by atoms with Crippen LogP contribution in [0.5, 0.6) is 0 Å². The van der Waals surface area contributed by atoms with Crippen LogP contribution in [0.1, 0.15) is 44.1 Å². The predicted molar refractivity (Wildman–Crippen MR) is 102 cm³/mol. The molecule has 24 heavy (non-hydrogen) atoms. The minimum Gasteiger partial charge on any atom is -0.370 e. The Balaban J connectivity index is 1.97. The highest BCUT2D eigenvalue weighted by Crippen LogP contribution is 2.41. The lowest BCUT2D eigenvalue weighted by Crippen LogP contribution is -2.50. The van der Waals surface area contributed by atoms with Crippen LogP contribution in [0, 0.1) is 0 Å². The lowest BCUT2D eigenvalue weighted by molar-refractivity contribution is -0.368. The van der Waals surface area contributed by atoms with E-state index in [2.05, 4.69) is 31.8 Å². The van der Waals surface area contributed by atoms with E-state index in [1.54, 1.807) is 11.8 Å². The molecular formula is C17H27N4OS2+. The molecule has 0 aromatic carbocycles. The molecule has 0 atom stereocenters. The van der Waals surface area contributed by atoms with Gasteiger partial charge in [0.2, 0.25) is 0 Å². The molecule has 0 saturated heterocycles. The number of thioether (sulfide) groups is 1. The van der Waals surface area contributed by atoms with Crippen molar-refractivity contribution in [1.82, 2.24) is 9.97 Å². The van der Waals surface area contributed by atoms with Crippen molar-refractivity contribution in [2.24, 2.45) is 0 Å². The zero-order chi connectivity index (χ0) is 17.2. The third kappa shape index (κ3) is 3.85. The van der Waals surface area contributed by atoms with E-state index in [1.165, 1.54) is 15.1 Å². The number of fused-ring (bicyclic) bond motifs is 3. The van der Waals surface area contributed by atoms with Crippen LogP contribution in [0.15, 0.2) is 5.16 Å². The normalized spacial score (nSPS) is 16.3. The Morgan fingerprint density at radius 2 is 2.17 bits per heavy atom. The highest BCUT2D eigenvalue weighted by Gasteiger charge is 2.30. The van der Waals surface area contributed by atoms with Gasteiger partial charge in [0.15, 0.2) is 5.16 Å². The van der Waals surface area contributed by atoms with E-state index in [0.717, 1.165) is 54.6 Å². The summed E-state index contributed by atoms with van der Waals surface area (Å²) >= 11 is 3.52. The minimum absolute atomic E-state index is 0.0932. The Bertz CT molecular complexity index is 714. The third-order valence-corrected chi connectivity index (χ3v) is 6.09. The fourth-order valence-corrected chi connectivity index (χ4v) is 4.86. The largest absolute Gasteiger partial charge is 0.370 e. The van der Waals surface area contributed by atoms with E-state index in [9.17, 15) is 0 Å². The second kappa shape index (κ2) is 7.56. The standard InChI is InChI=1S/C17H26N4OS2/c1-4-23-16-20-13-11-10-22-17(2,3)9-12(11)24-14(13)15(21-16)19-8-6-5-7-18/h4-10,18H2,1-3H3,(H,19,20,21)/p+1. The number of quaternary nitrogens is 1. The lowest BCUT2D eigenvalue weighted by atomic mass is 9.98. The number of unbranched alkanes of at least 4 members (excludes halogenated alkanes) is 1. The maximum Gasteiger partial charge on any atom is 0.190 e. The lowest BCUT2D eigenvalue weighted by Gasteiger charge is -2.29. The fraction of sp³-hybridized carbons (Fsp3) is 0.647.